The molecule has 6 nitrogen and oxygen atoms in total. The lowest BCUT2D eigenvalue weighted by molar-refractivity contribution is -0.132. The number of carbonyl (C=O) groups is 2. The highest BCUT2D eigenvalue weighted by Crippen LogP contribution is 2.23. The van der Waals surface area contributed by atoms with Crippen molar-refractivity contribution < 1.29 is 14.7 Å². The zero-order valence-electron chi connectivity index (χ0n) is 13.5. The third kappa shape index (κ3) is 3.82. The van der Waals surface area contributed by atoms with Crippen LogP contribution in [0.1, 0.15) is 41.2 Å². The molecule has 1 aliphatic heterocycles. The molecular weight excluding hydrogens is 306 g/mol. The Morgan fingerprint density at radius 3 is 2.50 bits per heavy atom. The van der Waals surface area contributed by atoms with Gasteiger partial charge in [-0.25, -0.2) is 4.79 Å². The second-order valence-electron chi connectivity index (χ2n) is 6.11. The predicted molar refractivity (Wildman–Crippen MR) is 88.8 cm³/mol. The molecule has 0 aliphatic carbocycles. The van der Waals surface area contributed by atoms with E-state index in [0.717, 1.165) is 19.3 Å². The van der Waals surface area contributed by atoms with Crippen molar-refractivity contribution in [2.24, 2.45) is 0 Å². The number of aryl methyl sites for hydroxylation is 1. The Morgan fingerprint density at radius 2 is 1.88 bits per heavy atom. The number of carbonyl (C=O) groups excluding carboxylic acids is 1. The number of amides is 1. The lowest BCUT2D eigenvalue weighted by atomic mass is 10.0. The zero-order chi connectivity index (χ0) is 16.9. The Kier molecular flexibility index (Phi) is 4.93. The van der Waals surface area contributed by atoms with Crippen LogP contribution in [-0.2, 0) is 11.2 Å². The maximum atomic E-state index is 12.3. The van der Waals surface area contributed by atoms with E-state index < -0.39 is 5.97 Å². The summed E-state index contributed by atoms with van der Waals surface area (Å²) in [7, 11) is 0. The van der Waals surface area contributed by atoms with E-state index in [2.05, 4.69) is 5.10 Å². The molecule has 24 heavy (non-hydrogen) atoms. The van der Waals surface area contributed by atoms with E-state index in [1.807, 2.05) is 35.2 Å². The second kappa shape index (κ2) is 7.29. The highest BCUT2D eigenvalue weighted by Gasteiger charge is 2.24. The number of piperidine rings is 1. The van der Waals surface area contributed by atoms with Crippen molar-refractivity contribution in [1.82, 2.24) is 14.7 Å². The van der Waals surface area contributed by atoms with Crippen LogP contribution in [0, 0.1) is 0 Å². The topological polar surface area (TPSA) is 75.4 Å². The molecule has 1 aromatic heterocycles. The van der Waals surface area contributed by atoms with E-state index in [0.29, 0.717) is 19.5 Å². The summed E-state index contributed by atoms with van der Waals surface area (Å²) in [6.45, 7) is 1.39. The molecule has 1 aromatic carbocycles. The van der Waals surface area contributed by atoms with Gasteiger partial charge in [0.1, 0.15) is 0 Å². The van der Waals surface area contributed by atoms with Crippen LogP contribution in [0.2, 0.25) is 0 Å². The van der Waals surface area contributed by atoms with Gasteiger partial charge in [0.15, 0.2) is 0 Å². The summed E-state index contributed by atoms with van der Waals surface area (Å²) in [5.41, 5.74) is 1.38. The van der Waals surface area contributed by atoms with Crippen LogP contribution in [0.15, 0.2) is 42.7 Å². The number of carboxylic acid groups (broad SMARTS) is 1. The van der Waals surface area contributed by atoms with Gasteiger partial charge in [0.25, 0.3) is 0 Å². The smallest absolute Gasteiger partial charge is 0.338 e. The highest BCUT2D eigenvalue weighted by molar-refractivity contribution is 5.86. The minimum absolute atomic E-state index is 0.163. The number of carboxylic acids is 1. The van der Waals surface area contributed by atoms with E-state index >= 15 is 0 Å². The van der Waals surface area contributed by atoms with E-state index in [-0.39, 0.29) is 17.5 Å². The van der Waals surface area contributed by atoms with Crippen LogP contribution >= 0.6 is 0 Å². The van der Waals surface area contributed by atoms with Gasteiger partial charge in [-0.1, -0.05) is 30.3 Å². The summed E-state index contributed by atoms with van der Waals surface area (Å²) < 4.78 is 1.72. The molecule has 1 N–H and O–H groups in total. The molecule has 1 amide bonds. The molecule has 0 bridgehead atoms. The monoisotopic (exact) mass is 327 g/mol. The number of aromatic carboxylic acids is 1. The average molecular weight is 327 g/mol. The molecule has 1 fully saturated rings. The first-order chi connectivity index (χ1) is 11.6. The number of rotatable bonds is 5. The van der Waals surface area contributed by atoms with Gasteiger partial charge >= 0.3 is 5.97 Å². The van der Waals surface area contributed by atoms with Crippen LogP contribution < -0.4 is 0 Å². The molecule has 0 saturated carbocycles. The summed E-state index contributed by atoms with van der Waals surface area (Å²) in [5, 5.41) is 13.1. The van der Waals surface area contributed by atoms with E-state index in [4.69, 9.17) is 5.11 Å². The third-order valence-electron chi connectivity index (χ3n) is 4.51. The molecule has 6 heteroatoms. The molecule has 126 valence electrons. The Hall–Kier alpha value is -2.63. The van der Waals surface area contributed by atoms with Gasteiger partial charge in [0.05, 0.1) is 17.8 Å². The van der Waals surface area contributed by atoms with Crippen molar-refractivity contribution in [2.75, 3.05) is 13.1 Å². The Morgan fingerprint density at radius 1 is 1.17 bits per heavy atom. The van der Waals surface area contributed by atoms with Crippen molar-refractivity contribution >= 4 is 11.9 Å². The molecule has 1 saturated heterocycles. The molecule has 1 aliphatic rings. The number of hydrogen-bond acceptors (Lipinski definition) is 3. The fourth-order valence-corrected chi connectivity index (χ4v) is 3.08. The van der Waals surface area contributed by atoms with Crippen LogP contribution in [-0.4, -0.2) is 44.8 Å². The van der Waals surface area contributed by atoms with Crippen molar-refractivity contribution in [1.29, 1.82) is 0 Å². The standard InChI is InChI=1S/C18H21N3O3/c22-17(7-6-14-4-2-1-3-5-14)20-10-8-16(9-11-20)21-13-15(12-19-21)18(23)24/h1-5,12-13,16H,6-11H2,(H,23,24). The number of nitrogens with zero attached hydrogens (tertiary/aromatic N) is 3. The number of likely N-dealkylation sites (tertiary alicyclic amines) is 1. The molecule has 0 spiro atoms. The molecule has 0 radical (unpaired) electrons. The van der Waals surface area contributed by atoms with Crippen LogP contribution in [0.5, 0.6) is 0 Å². The van der Waals surface area contributed by atoms with Gasteiger partial charge in [-0.15, -0.1) is 0 Å². The van der Waals surface area contributed by atoms with E-state index in [1.54, 1.807) is 10.9 Å². The number of aromatic nitrogens is 2. The Balaban J connectivity index is 1.49. The van der Waals surface area contributed by atoms with Crippen LogP contribution in [0.3, 0.4) is 0 Å². The van der Waals surface area contributed by atoms with Crippen molar-refractivity contribution in [3.05, 3.63) is 53.9 Å². The molecule has 2 aromatic rings. The van der Waals surface area contributed by atoms with Gasteiger partial charge in [0, 0.05) is 25.7 Å². The molecule has 0 unspecified atom stereocenters. The van der Waals surface area contributed by atoms with Gasteiger partial charge in [-0.3, -0.25) is 9.48 Å². The Labute approximate surface area is 140 Å². The van der Waals surface area contributed by atoms with Crippen molar-refractivity contribution in [3.8, 4) is 0 Å². The summed E-state index contributed by atoms with van der Waals surface area (Å²) in [6.07, 6.45) is 5.84. The van der Waals surface area contributed by atoms with Crippen molar-refractivity contribution in [3.63, 3.8) is 0 Å². The van der Waals surface area contributed by atoms with Crippen LogP contribution in [0.4, 0.5) is 0 Å². The lowest BCUT2D eigenvalue weighted by Gasteiger charge is -2.32. The van der Waals surface area contributed by atoms with Gasteiger partial charge in [-0.2, -0.15) is 5.10 Å². The first kappa shape index (κ1) is 16.2. The quantitative estimate of drug-likeness (QED) is 0.915. The van der Waals surface area contributed by atoms with Gasteiger partial charge in [0.2, 0.25) is 5.91 Å². The summed E-state index contributed by atoms with van der Waals surface area (Å²) >= 11 is 0. The fourth-order valence-electron chi connectivity index (χ4n) is 3.08. The summed E-state index contributed by atoms with van der Waals surface area (Å²) in [5.74, 6) is -0.779. The van der Waals surface area contributed by atoms with E-state index in [1.165, 1.54) is 11.8 Å². The SMILES string of the molecule is O=C(O)c1cnn(C2CCN(C(=O)CCc3ccccc3)CC2)c1. The van der Waals surface area contributed by atoms with Crippen molar-refractivity contribution in [2.45, 2.75) is 31.7 Å². The maximum Gasteiger partial charge on any atom is 0.338 e. The zero-order valence-corrected chi connectivity index (χ0v) is 13.5. The largest absolute Gasteiger partial charge is 0.478 e. The second-order valence-corrected chi connectivity index (χ2v) is 6.11. The fraction of sp³-hybridized carbons (Fsp3) is 0.389. The molecule has 0 atom stereocenters. The summed E-state index contributed by atoms with van der Waals surface area (Å²) in [6, 6.07) is 10.2. The molecule has 3 rings (SSSR count). The first-order valence-corrected chi connectivity index (χ1v) is 8.22. The van der Waals surface area contributed by atoms with Gasteiger partial charge < -0.3 is 10.0 Å². The first-order valence-electron chi connectivity index (χ1n) is 8.22. The van der Waals surface area contributed by atoms with Gasteiger partial charge in [-0.05, 0) is 24.8 Å². The number of hydrogen-bond donors (Lipinski definition) is 1. The lowest BCUT2D eigenvalue weighted by Crippen LogP contribution is -2.39. The Bertz CT molecular complexity index is 703. The van der Waals surface area contributed by atoms with E-state index in [9.17, 15) is 9.59 Å². The maximum absolute atomic E-state index is 12.3. The highest BCUT2D eigenvalue weighted by atomic mass is 16.4. The predicted octanol–water partition coefficient (Wildman–Crippen LogP) is 2.38. The summed E-state index contributed by atoms with van der Waals surface area (Å²) in [4.78, 5) is 25.2. The molecular formula is C18H21N3O3. The minimum atomic E-state index is -0.963. The molecule has 2 heterocycles. The average Bonchev–Trinajstić information content (AvgIpc) is 3.11. The number of benzene rings is 1. The van der Waals surface area contributed by atoms with Crippen LogP contribution in [0.25, 0.3) is 0 Å². The normalized spacial score (nSPS) is 15.4. The minimum Gasteiger partial charge on any atom is -0.478 e. The third-order valence-corrected chi connectivity index (χ3v) is 4.51.